The van der Waals surface area contributed by atoms with Crippen LogP contribution in [0.15, 0.2) is 54.9 Å². The second-order valence-corrected chi connectivity index (χ2v) is 8.14. The molecule has 0 aliphatic carbocycles. The van der Waals surface area contributed by atoms with Crippen LogP contribution in [0.25, 0.3) is 0 Å². The van der Waals surface area contributed by atoms with E-state index in [1.807, 2.05) is 37.5 Å². The summed E-state index contributed by atoms with van der Waals surface area (Å²) < 4.78 is 0. The summed E-state index contributed by atoms with van der Waals surface area (Å²) >= 11 is 0. The topological polar surface area (TPSA) is 53.9 Å². The monoisotopic (exact) mass is 375 g/mol. The highest BCUT2D eigenvalue weighted by atomic mass is 15.2. The molecule has 0 spiro atoms. The van der Waals surface area contributed by atoms with Crippen LogP contribution in [0, 0.1) is 6.92 Å². The van der Waals surface area contributed by atoms with Gasteiger partial charge in [0, 0.05) is 37.7 Å². The fourth-order valence-corrected chi connectivity index (χ4v) is 2.97. The maximum atomic E-state index is 4.60. The number of hydrogen-bond acceptors (Lipinski definition) is 5. The molecule has 5 nitrogen and oxygen atoms in total. The summed E-state index contributed by atoms with van der Waals surface area (Å²) in [7, 11) is 2.06. The fourth-order valence-electron chi connectivity index (χ4n) is 2.97. The lowest BCUT2D eigenvalue weighted by Crippen LogP contribution is -2.22. The van der Waals surface area contributed by atoms with Crippen molar-refractivity contribution < 1.29 is 0 Å². The highest BCUT2D eigenvalue weighted by Gasteiger charge is 2.13. The maximum absolute atomic E-state index is 4.60. The average molecular weight is 376 g/mol. The van der Waals surface area contributed by atoms with Crippen molar-refractivity contribution in [3.05, 3.63) is 71.8 Å². The largest absolute Gasteiger partial charge is 0.359 e. The van der Waals surface area contributed by atoms with E-state index in [4.69, 9.17) is 0 Å². The zero-order valence-electron chi connectivity index (χ0n) is 17.4. The van der Waals surface area contributed by atoms with Crippen LogP contribution in [0.4, 0.5) is 17.3 Å². The summed E-state index contributed by atoms with van der Waals surface area (Å²) in [5.74, 6) is 2.47. The molecule has 0 atom stereocenters. The van der Waals surface area contributed by atoms with Gasteiger partial charge in [-0.3, -0.25) is 4.98 Å². The van der Waals surface area contributed by atoms with E-state index >= 15 is 0 Å². The van der Waals surface area contributed by atoms with Crippen molar-refractivity contribution in [3.63, 3.8) is 0 Å². The van der Waals surface area contributed by atoms with Gasteiger partial charge in [-0.15, -0.1) is 0 Å². The Morgan fingerprint density at radius 1 is 0.964 bits per heavy atom. The number of anilines is 3. The zero-order valence-corrected chi connectivity index (χ0v) is 17.4. The third kappa shape index (κ3) is 5.28. The summed E-state index contributed by atoms with van der Waals surface area (Å²) in [5.41, 5.74) is 3.75. The van der Waals surface area contributed by atoms with E-state index in [-0.39, 0.29) is 5.41 Å². The molecule has 0 saturated heterocycles. The Hall–Kier alpha value is -2.95. The normalized spacial score (nSPS) is 11.3. The number of nitrogens with one attached hydrogen (secondary N) is 1. The van der Waals surface area contributed by atoms with Crippen LogP contribution in [0.5, 0.6) is 0 Å². The summed E-state index contributed by atoms with van der Waals surface area (Å²) in [5, 5.41) is 3.41. The number of aryl methyl sites for hydroxylation is 1. The van der Waals surface area contributed by atoms with Crippen LogP contribution in [0.1, 0.15) is 37.7 Å². The molecule has 2 aromatic heterocycles. The van der Waals surface area contributed by atoms with Gasteiger partial charge >= 0.3 is 0 Å². The minimum Gasteiger partial charge on any atom is -0.359 e. The van der Waals surface area contributed by atoms with Gasteiger partial charge in [-0.1, -0.05) is 32.9 Å². The number of likely N-dealkylation sites (N-methyl/N-ethyl adjacent to an activating group) is 1. The van der Waals surface area contributed by atoms with Crippen LogP contribution in [0.2, 0.25) is 0 Å². The van der Waals surface area contributed by atoms with E-state index in [0.29, 0.717) is 0 Å². The van der Waals surface area contributed by atoms with Crippen molar-refractivity contribution >= 4 is 17.3 Å². The second kappa shape index (κ2) is 8.38. The minimum atomic E-state index is 0.148. The summed E-state index contributed by atoms with van der Waals surface area (Å²) in [6.07, 6.45) is 4.60. The molecule has 0 unspecified atom stereocenters. The standard InChI is InChI=1S/C23H29N5/c1-17-25-21(27-20-8-6-19(7-9-20)23(2,3)4)16-22(26-17)28(5)15-12-18-10-13-24-14-11-18/h6-11,13-14,16H,12,15H2,1-5H3,(H,25,26,27). The van der Waals surface area contributed by atoms with Gasteiger partial charge in [0.05, 0.1) is 0 Å². The molecule has 3 rings (SSSR count). The molecule has 0 bridgehead atoms. The lowest BCUT2D eigenvalue weighted by Gasteiger charge is -2.20. The Morgan fingerprint density at radius 2 is 1.64 bits per heavy atom. The van der Waals surface area contributed by atoms with E-state index < -0.39 is 0 Å². The molecule has 1 N–H and O–H groups in total. The highest BCUT2D eigenvalue weighted by Crippen LogP contribution is 2.25. The van der Waals surface area contributed by atoms with E-state index in [1.165, 1.54) is 11.1 Å². The summed E-state index contributed by atoms with van der Waals surface area (Å²) in [6, 6.07) is 14.6. The van der Waals surface area contributed by atoms with E-state index in [0.717, 1.165) is 36.1 Å². The van der Waals surface area contributed by atoms with Gasteiger partial charge in [0.1, 0.15) is 17.5 Å². The van der Waals surface area contributed by atoms with Crippen LogP contribution < -0.4 is 10.2 Å². The van der Waals surface area contributed by atoms with E-state index in [1.54, 1.807) is 0 Å². The molecule has 0 aliphatic heterocycles. The van der Waals surface area contributed by atoms with Crippen molar-refractivity contribution in [2.75, 3.05) is 23.8 Å². The van der Waals surface area contributed by atoms with E-state index in [2.05, 4.69) is 77.3 Å². The molecule has 2 heterocycles. The van der Waals surface area contributed by atoms with Crippen LogP contribution in [-0.2, 0) is 11.8 Å². The average Bonchev–Trinajstić information content (AvgIpc) is 2.66. The molecule has 1 aromatic carbocycles. The number of nitrogens with zero attached hydrogens (tertiary/aromatic N) is 4. The maximum Gasteiger partial charge on any atom is 0.136 e. The van der Waals surface area contributed by atoms with Crippen LogP contribution in [-0.4, -0.2) is 28.5 Å². The van der Waals surface area contributed by atoms with Crippen LogP contribution in [0.3, 0.4) is 0 Å². The molecule has 0 fully saturated rings. The molecule has 0 aliphatic rings. The van der Waals surface area contributed by atoms with Gasteiger partial charge in [0.2, 0.25) is 0 Å². The molecular formula is C23H29N5. The van der Waals surface area contributed by atoms with Crippen molar-refractivity contribution in [2.45, 2.75) is 39.5 Å². The Balaban J connectivity index is 1.70. The Kier molecular flexibility index (Phi) is 5.93. The first kappa shape index (κ1) is 19.8. The predicted molar refractivity (Wildman–Crippen MR) is 116 cm³/mol. The Bertz CT molecular complexity index is 899. The first-order valence-electron chi connectivity index (χ1n) is 9.64. The number of rotatable bonds is 6. The van der Waals surface area contributed by atoms with Gasteiger partial charge in [-0.05, 0) is 54.2 Å². The third-order valence-corrected chi connectivity index (χ3v) is 4.72. The Labute approximate surface area is 167 Å². The fraction of sp³-hybridized carbons (Fsp3) is 0.348. The highest BCUT2D eigenvalue weighted by molar-refractivity contribution is 5.60. The molecular weight excluding hydrogens is 346 g/mol. The van der Waals surface area contributed by atoms with Crippen LogP contribution >= 0.6 is 0 Å². The molecule has 0 amide bonds. The van der Waals surface area contributed by atoms with E-state index in [9.17, 15) is 0 Å². The summed E-state index contributed by atoms with van der Waals surface area (Å²) in [4.78, 5) is 15.4. The molecule has 3 aromatic rings. The first-order chi connectivity index (χ1) is 13.3. The molecule has 0 saturated carbocycles. The van der Waals surface area contributed by atoms with Gasteiger partial charge in [-0.2, -0.15) is 0 Å². The second-order valence-electron chi connectivity index (χ2n) is 8.14. The summed E-state index contributed by atoms with van der Waals surface area (Å²) in [6.45, 7) is 9.46. The Morgan fingerprint density at radius 3 is 2.29 bits per heavy atom. The SMILES string of the molecule is Cc1nc(Nc2ccc(C(C)(C)C)cc2)cc(N(C)CCc2ccncc2)n1. The molecule has 5 heteroatoms. The molecule has 146 valence electrons. The molecule has 28 heavy (non-hydrogen) atoms. The lowest BCUT2D eigenvalue weighted by atomic mass is 9.87. The van der Waals surface area contributed by atoms with Crippen molar-refractivity contribution in [2.24, 2.45) is 0 Å². The first-order valence-corrected chi connectivity index (χ1v) is 9.64. The third-order valence-electron chi connectivity index (χ3n) is 4.72. The number of hydrogen-bond donors (Lipinski definition) is 1. The number of benzene rings is 1. The molecule has 0 radical (unpaired) electrons. The zero-order chi connectivity index (χ0) is 20.1. The lowest BCUT2D eigenvalue weighted by molar-refractivity contribution is 0.590. The van der Waals surface area contributed by atoms with Gasteiger partial charge < -0.3 is 10.2 Å². The van der Waals surface area contributed by atoms with Gasteiger partial charge in [-0.25, -0.2) is 9.97 Å². The van der Waals surface area contributed by atoms with Crippen molar-refractivity contribution in [1.29, 1.82) is 0 Å². The number of pyridine rings is 1. The van der Waals surface area contributed by atoms with Crippen molar-refractivity contribution in [3.8, 4) is 0 Å². The quantitative estimate of drug-likeness (QED) is 0.664. The van der Waals surface area contributed by atoms with Crippen molar-refractivity contribution in [1.82, 2.24) is 15.0 Å². The van der Waals surface area contributed by atoms with Gasteiger partial charge in [0.15, 0.2) is 0 Å². The van der Waals surface area contributed by atoms with Gasteiger partial charge in [0.25, 0.3) is 0 Å². The minimum absolute atomic E-state index is 0.148. The number of aromatic nitrogens is 3. The predicted octanol–water partition coefficient (Wildman–Crippen LogP) is 4.90. The smallest absolute Gasteiger partial charge is 0.136 e.